The monoisotopic (exact) mass is 433 g/mol. The van der Waals surface area contributed by atoms with Gasteiger partial charge in [0, 0.05) is 49.3 Å². The predicted octanol–water partition coefficient (Wildman–Crippen LogP) is 4.43. The first-order chi connectivity index (χ1) is 14.3. The van der Waals surface area contributed by atoms with Crippen molar-refractivity contribution in [2.24, 2.45) is 0 Å². The molecular weight excluding hydrogens is 398 g/mol. The Morgan fingerprint density at radius 2 is 1.73 bits per heavy atom. The van der Waals surface area contributed by atoms with Gasteiger partial charge in [0.1, 0.15) is 5.60 Å². The minimum Gasteiger partial charge on any atom is -0.444 e. The van der Waals surface area contributed by atoms with Crippen molar-refractivity contribution in [2.45, 2.75) is 76.6 Å². The molecule has 3 saturated heterocycles. The molecule has 0 saturated carbocycles. The Bertz CT molecular complexity index is 725. The van der Waals surface area contributed by atoms with Crippen LogP contribution in [0.4, 0.5) is 4.79 Å². The Balaban J connectivity index is 1.41. The summed E-state index contributed by atoms with van der Waals surface area (Å²) in [6.45, 7) is 10.9. The smallest absolute Gasteiger partial charge is 0.410 e. The maximum Gasteiger partial charge on any atom is 0.410 e. The number of carbonyl (C=O) groups excluding carboxylic acids is 1. The van der Waals surface area contributed by atoms with E-state index in [0.717, 1.165) is 50.5 Å². The fourth-order valence-corrected chi connectivity index (χ4v) is 5.46. The summed E-state index contributed by atoms with van der Waals surface area (Å²) in [4.78, 5) is 19.8. The van der Waals surface area contributed by atoms with Crippen LogP contribution >= 0.6 is 11.6 Å². The van der Waals surface area contributed by atoms with Crippen molar-refractivity contribution in [1.82, 2.24) is 14.7 Å². The van der Waals surface area contributed by atoms with Crippen LogP contribution in [-0.2, 0) is 11.2 Å². The van der Waals surface area contributed by atoms with Gasteiger partial charge in [0.25, 0.3) is 0 Å². The summed E-state index contributed by atoms with van der Waals surface area (Å²) < 4.78 is 5.58. The quantitative estimate of drug-likeness (QED) is 0.706. The molecule has 1 aromatic rings. The summed E-state index contributed by atoms with van der Waals surface area (Å²) in [6, 6.07) is 10.1. The van der Waals surface area contributed by atoms with Crippen LogP contribution in [0.1, 0.15) is 52.0 Å². The second kappa shape index (κ2) is 9.05. The van der Waals surface area contributed by atoms with E-state index in [9.17, 15) is 4.79 Å². The number of halogens is 1. The average Bonchev–Trinajstić information content (AvgIpc) is 3.15. The van der Waals surface area contributed by atoms with Gasteiger partial charge in [0.15, 0.2) is 0 Å². The normalized spacial score (nSPS) is 26.6. The highest BCUT2D eigenvalue weighted by atomic mass is 35.5. The predicted molar refractivity (Wildman–Crippen MR) is 121 cm³/mol. The second-order valence-electron chi connectivity index (χ2n) is 10.2. The fraction of sp³-hybridized carbons (Fsp3) is 0.708. The largest absolute Gasteiger partial charge is 0.444 e. The number of hydrogen-bond donors (Lipinski definition) is 0. The van der Waals surface area contributed by atoms with E-state index in [1.54, 1.807) is 0 Å². The lowest BCUT2D eigenvalue weighted by Crippen LogP contribution is -2.61. The van der Waals surface area contributed by atoms with E-state index < -0.39 is 5.60 Å². The van der Waals surface area contributed by atoms with E-state index in [2.05, 4.69) is 21.9 Å². The number of piperidine rings is 1. The minimum absolute atomic E-state index is 0.167. The minimum atomic E-state index is -0.434. The van der Waals surface area contributed by atoms with Gasteiger partial charge in [0.2, 0.25) is 0 Å². The van der Waals surface area contributed by atoms with E-state index in [1.807, 2.05) is 37.8 Å². The number of amides is 1. The van der Waals surface area contributed by atoms with Crippen LogP contribution in [0.2, 0.25) is 5.02 Å². The number of rotatable bonds is 3. The van der Waals surface area contributed by atoms with Gasteiger partial charge >= 0.3 is 6.09 Å². The Morgan fingerprint density at radius 3 is 2.40 bits per heavy atom. The zero-order valence-corrected chi connectivity index (χ0v) is 19.4. The standard InChI is InChI=1S/C24H36ClN3O2/c1-24(2,3)30-23(29)26-13-10-20(11-14-26)28-17-21-5-4-12-27(21)16-22(28)15-18-6-8-19(25)9-7-18/h6-9,20-22H,4-5,10-17H2,1-3H3/t21-,22?/m0/s1. The molecule has 0 aliphatic carbocycles. The van der Waals surface area contributed by atoms with Crippen molar-refractivity contribution >= 4 is 17.7 Å². The number of benzene rings is 1. The molecule has 5 nitrogen and oxygen atoms in total. The summed E-state index contributed by atoms with van der Waals surface area (Å²) in [5, 5.41) is 0.799. The van der Waals surface area contributed by atoms with Crippen LogP contribution in [0.3, 0.4) is 0 Å². The van der Waals surface area contributed by atoms with E-state index in [-0.39, 0.29) is 6.09 Å². The molecule has 0 aromatic heterocycles. The molecule has 1 amide bonds. The van der Waals surface area contributed by atoms with E-state index in [1.165, 1.54) is 24.9 Å². The van der Waals surface area contributed by atoms with Gasteiger partial charge < -0.3 is 9.64 Å². The van der Waals surface area contributed by atoms with Crippen LogP contribution in [0.15, 0.2) is 24.3 Å². The SMILES string of the molecule is CC(C)(C)OC(=O)N1CCC(N2C[C@@H]3CCCN3CC2Cc2ccc(Cl)cc2)CC1. The lowest BCUT2D eigenvalue weighted by atomic mass is 9.94. The topological polar surface area (TPSA) is 36.0 Å². The van der Waals surface area contributed by atoms with Crippen LogP contribution < -0.4 is 0 Å². The van der Waals surface area contributed by atoms with Crippen molar-refractivity contribution in [3.63, 3.8) is 0 Å². The molecule has 166 valence electrons. The van der Waals surface area contributed by atoms with Crippen molar-refractivity contribution in [3.8, 4) is 0 Å². The van der Waals surface area contributed by atoms with Crippen LogP contribution in [0.25, 0.3) is 0 Å². The molecule has 2 atom stereocenters. The molecule has 0 N–H and O–H groups in total. The third-order valence-electron chi connectivity index (χ3n) is 6.80. The maximum absolute atomic E-state index is 12.5. The van der Waals surface area contributed by atoms with E-state index in [4.69, 9.17) is 16.3 Å². The molecule has 4 rings (SSSR count). The van der Waals surface area contributed by atoms with Gasteiger partial charge in [-0.1, -0.05) is 23.7 Å². The Morgan fingerprint density at radius 1 is 1.03 bits per heavy atom. The molecule has 0 radical (unpaired) electrons. The first kappa shape index (κ1) is 21.9. The molecular formula is C24H36ClN3O2. The van der Waals surface area contributed by atoms with Crippen LogP contribution in [0, 0.1) is 0 Å². The first-order valence-electron chi connectivity index (χ1n) is 11.5. The first-order valence-corrected chi connectivity index (χ1v) is 11.9. The Kier molecular flexibility index (Phi) is 6.61. The number of carbonyl (C=O) groups is 1. The van der Waals surface area contributed by atoms with Gasteiger partial charge in [0.05, 0.1) is 0 Å². The summed E-state index contributed by atoms with van der Waals surface area (Å²) in [5.74, 6) is 0. The molecule has 3 aliphatic heterocycles. The van der Waals surface area contributed by atoms with Gasteiger partial charge in [-0.25, -0.2) is 4.79 Å². The van der Waals surface area contributed by atoms with Crippen molar-refractivity contribution in [1.29, 1.82) is 0 Å². The van der Waals surface area contributed by atoms with Gasteiger partial charge in [-0.2, -0.15) is 0 Å². The van der Waals surface area contributed by atoms with Gasteiger partial charge in [-0.05, 0) is 77.1 Å². The molecule has 3 fully saturated rings. The molecule has 6 heteroatoms. The highest BCUT2D eigenvalue weighted by molar-refractivity contribution is 6.30. The van der Waals surface area contributed by atoms with Gasteiger partial charge in [-0.15, -0.1) is 0 Å². The summed E-state index contributed by atoms with van der Waals surface area (Å²) >= 11 is 6.10. The number of nitrogens with zero attached hydrogens (tertiary/aromatic N) is 3. The summed E-state index contributed by atoms with van der Waals surface area (Å²) in [5.41, 5.74) is 0.925. The zero-order valence-electron chi connectivity index (χ0n) is 18.6. The van der Waals surface area contributed by atoms with E-state index in [0.29, 0.717) is 18.1 Å². The fourth-order valence-electron chi connectivity index (χ4n) is 5.34. The number of likely N-dealkylation sites (tertiary alicyclic amines) is 1. The number of ether oxygens (including phenoxy) is 1. The van der Waals surface area contributed by atoms with Gasteiger partial charge in [-0.3, -0.25) is 9.80 Å². The lowest BCUT2D eigenvalue weighted by Gasteiger charge is -2.49. The Hall–Kier alpha value is -1.30. The summed E-state index contributed by atoms with van der Waals surface area (Å²) in [6.07, 6.45) is 5.60. The lowest BCUT2D eigenvalue weighted by molar-refractivity contribution is -0.0119. The highest BCUT2D eigenvalue weighted by Gasteiger charge is 2.40. The number of hydrogen-bond acceptors (Lipinski definition) is 4. The molecule has 1 aromatic carbocycles. The maximum atomic E-state index is 12.5. The molecule has 0 spiro atoms. The third kappa shape index (κ3) is 5.30. The van der Waals surface area contributed by atoms with E-state index >= 15 is 0 Å². The van der Waals surface area contributed by atoms with Crippen molar-refractivity contribution in [2.75, 3.05) is 32.7 Å². The average molecular weight is 434 g/mol. The third-order valence-corrected chi connectivity index (χ3v) is 7.06. The summed E-state index contributed by atoms with van der Waals surface area (Å²) in [7, 11) is 0. The number of fused-ring (bicyclic) bond motifs is 1. The number of piperazine rings is 1. The molecule has 3 aliphatic rings. The zero-order chi connectivity index (χ0) is 21.3. The van der Waals surface area contributed by atoms with Crippen LogP contribution in [0.5, 0.6) is 0 Å². The Labute approximate surface area is 186 Å². The van der Waals surface area contributed by atoms with Crippen LogP contribution in [-0.4, -0.2) is 77.2 Å². The van der Waals surface area contributed by atoms with Crippen molar-refractivity contribution in [3.05, 3.63) is 34.9 Å². The highest BCUT2D eigenvalue weighted by Crippen LogP contribution is 2.31. The molecule has 0 bridgehead atoms. The molecule has 30 heavy (non-hydrogen) atoms. The molecule has 3 heterocycles. The molecule has 1 unspecified atom stereocenters. The van der Waals surface area contributed by atoms with Crippen molar-refractivity contribution < 1.29 is 9.53 Å². The second-order valence-corrected chi connectivity index (χ2v) is 10.6.